The van der Waals surface area contributed by atoms with Gasteiger partial charge in [0.1, 0.15) is 6.54 Å². The summed E-state index contributed by atoms with van der Waals surface area (Å²) in [5.74, 6) is -1.58. The average molecular weight is 441 g/mol. The van der Waals surface area contributed by atoms with Crippen molar-refractivity contribution in [2.75, 3.05) is 19.6 Å². The largest absolute Gasteiger partial charge is 0.438 e. The van der Waals surface area contributed by atoms with Gasteiger partial charge in [-0.3, -0.25) is 4.79 Å². The second-order valence-electron chi connectivity index (χ2n) is 6.81. The van der Waals surface area contributed by atoms with Crippen molar-refractivity contribution < 1.29 is 30.8 Å². The van der Waals surface area contributed by atoms with Crippen LogP contribution in [-0.4, -0.2) is 49.3 Å². The molecule has 160 valence electrons. The van der Waals surface area contributed by atoms with Crippen molar-refractivity contribution in [3.8, 4) is 6.07 Å². The molecule has 0 bridgehead atoms. The maximum Gasteiger partial charge on any atom is 0.406 e. The van der Waals surface area contributed by atoms with Gasteiger partial charge in [-0.1, -0.05) is 12.1 Å². The molecule has 1 aliphatic heterocycles. The highest BCUT2D eigenvalue weighted by Crippen LogP contribution is 2.25. The van der Waals surface area contributed by atoms with E-state index >= 15 is 0 Å². The van der Waals surface area contributed by atoms with E-state index < -0.39 is 39.5 Å². The normalized spacial score (nSPS) is 15.1. The molecule has 3 rings (SSSR count). The topological polar surface area (TPSA) is 94.6 Å². The fraction of sp³-hybridized carbons (Fsp3) is 0.368. The number of carbonyl (C=O) groups excluding carboxylic acids is 1. The van der Waals surface area contributed by atoms with E-state index in [2.05, 4.69) is 0 Å². The Kier molecular flexibility index (Phi) is 6.19. The first-order valence-electron chi connectivity index (χ1n) is 9.05. The molecule has 0 aliphatic carbocycles. The number of furan rings is 1. The lowest BCUT2D eigenvalue weighted by Crippen LogP contribution is -2.38. The minimum Gasteiger partial charge on any atom is -0.438 e. The molecule has 1 amide bonds. The van der Waals surface area contributed by atoms with Crippen LogP contribution in [0.15, 0.2) is 45.9 Å². The van der Waals surface area contributed by atoms with Gasteiger partial charge in [-0.2, -0.15) is 22.7 Å². The van der Waals surface area contributed by atoms with Crippen molar-refractivity contribution in [1.29, 1.82) is 5.26 Å². The molecular weight excluding hydrogens is 423 g/mol. The van der Waals surface area contributed by atoms with Crippen LogP contribution in [-0.2, 0) is 16.6 Å². The molecular formula is C19H18F3N3O4S. The van der Waals surface area contributed by atoms with E-state index in [-0.39, 0.29) is 6.54 Å². The van der Waals surface area contributed by atoms with E-state index in [0.29, 0.717) is 42.0 Å². The summed E-state index contributed by atoms with van der Waals surface area (Å²) in [6.45, 7) is -1.28. The van der Waals surface area contributed by atoms with Crippen molar-refractivity contribution >= 4 is 15.9 Å². The van der Waals surface area contributed by atoms with Gasteiger partial charge in [0.05, 0.1) is 11.6 Å². The Balaban J connectivity index is 1.84. The number of nitriles is 1. The van der Waals surface area contributed by atoms with E-state index in [9.17, 15) is 26.4 Å². The van der Waals surface area contributed by atoms with Crippen molar-refractivity contribution in [3.05, 3.63) is 53.3 Å². The van der Waals surface area contributed by atoms with E-state index in [1.165, 1.54) is 28.6 Å². The molecule has 1 saturated heterocycles. The van der Waals surface area contributed by atoms with Gasteiger partial charge in [-0.25, -0.2) is 8.42 Å². The maximum absolute atomic E-state index is 13.0. The fourth-order valence-corrected chi connectivity index (χ4v) is 4.53. The third kappa shape index (κ3) is 5.01. The van der Waals surface area contributed by atoms with Crippen LogP contribution in [0.2, 0.25) is 0 Å². The van der Waals surface area contributed by atoms with Gasteiger partial charge >= 0.3 is 6.18 Å². The molecule has 2 heterocycles. The zero-order valence-electron chi connectivity index (χ0n) is 15.7. The SMILES string of the molecule is N#Cc1ccc(CN(CC(F)(F)F)C(=O)c2ccc(S(=O)(=O)N3CCCC3)o2)cc1. The highest BCUT2D eigenvalue weighted by molar-refractivity contribution is 7.89. The summed E-state index contributed by atoms with van der Waals surface area (Å²) in [6.07, 6.45) is -3.26. The summed E-state index contributed by atoms with van der Waals surface area (Å²) in [4.78, 5) is 13.2. The second-order valence-corrected chi connectivity index (χ2v) is 8.68. The molecule has 1 aromatic carbocycles. The van der Waals surface area contributed by atoms with Crippen LogP contribution in [0.5, 0.6) is 0 Å². The molecule has 30 heavy (non-hydrogen) atoms. The van der Waals surface area contributed by atoms with Crippen molar-refractivity contribution in [3.63, 3.8) is 0 Å². The number of benzene rings is 1. The molecule has 1 fully saturated rings. The van der Waals surface area contributed by atoms with Gasteiger partial charge in [-0.15, -0.1) is 0 Å². The van der Waals surface area contributed by atoms with Crippen LogP contribution in [0.4, 0.5) is 13.2 Å². The molecule has 0 spiro atoms. The molecule has 2 aromatic rings. The summed E-state index contributed by atoms with van der Waals surface area (Å²) in [7, 11) is -3.94. The summed E-state index contributed by atoms with van der Waals surface area (Å²) < 4.78 is 70.5. The Labute approximate surface area is 171 Å². The summed E-state index contributed by atoms with van der Waals surface area (Å²) in [6, 6.07) is 9.79. The number of hydrogen-bond donors (Lipinski definition) is 0. The Morgan fingerprint density at radius 3 is 2.33 bits per heavy atom. The van der Waals surface area contributed by atoms with Gasteiger partial charge in [0.2, 0.25) is 5.09 Å². The summed E-state index contributed by atoms with van der Waals surface area (Å²) in [5.41, 5.74) is 0.707. The van der Waals surface area contributed by atoms with Gasteiger partial charge < -0.3 is 9.32 Å². The standard InChI is InChI=1S/C19H18F3N3O4S/c20-19(21,22)13-24(12-15-5-3-14(11-23)4-6-15)18(26)16-7-8-17(29-16)30(27,28)25-9-1-2-10-25/h3-8H,1-2,9-10,12-13H2. The summed E-state index contributed by atoms with van der Waals surface area (Å²) in [5, 5.41) is 8.34. The lowest BCUT2D eigenvalue weighted by molar-refractivity contribution is -0.141. The molecule has 0 N–H and O–H groups in total. The number of carbonyl (C=O) groups is 1. The fourth-order valence-electron chi connectivity index (χ4n) is 3.11. The quantitative estimate of drug-likeness (QED) is 0.687. The molecule has 7 nitrogen and oxygen atoms in total. The Morgan fingerprint density at radius 2 is 1.77 bits per heavy atom. The predicted molar refractivity (Wildman–Crippen MR) is 98.7 cm³/mol. The van der Waals surface area contributed by atoms with Crippen molar-refractivity contribution in [2.24, 2.45) is 0 Å². The van der Waals surface area contributed by atoms with Gasteiger partial charge in [0, 0.05) is 19.6 Å². The number of sulfonamides is 1. The number of nitrogens with zero attached hydrogens (tertiary/aromatic N) is 3. The Bertz CT molecular complexity index is 1050. The Morgan fingerprint density at radius 1 is 1.13 bits per heavy atom. The number of rotatable bonds is 6. The molecule has 11 heteroatoms. The van der Waals surface area contributed by atoms with Crippen LogP contribution in [0.25, 0.3) is 0 Å². The molecule has 0 radical (unpaired) electrons. The number of halogens is 3. The average Bonchev–Trinajstić information content (AvgIpc) is 3.39. The number of alkyl halides is 3. The van der Waals surface area contributed by atoms with Gasteiger partial charge in [0.15, 0.2) is 5.76 Å². The van der Waals surface area contributed by atoms with E-state index in [4.69, 9.17) is 9.68 Å². The molecule has 1 aromatic heterocycles. The highest BCUT2D eigenvalue weighted by Gasteiger charge is 2.36. The highest BCUT2D eigenvalue weighted by atomic mass is 32.2. The first-order valence-corrected chi connectivity index (χ1v) is 10.5. The maximum atomic E-state index is 13.0. The number of amides is 1. The molecule has 1 aliphatic rings. The van der Waals surface area contributed by atoms with Gasteiger partial charge in [-0.05, 0) is 42.7 Å². The zero-order valence-corrected chi connectivity index (χ0v) is 16.5. The third-order valence-corrected chi connectivity index (χ3v) is 6.34. The second kappa shape index (κ2) is 8.49. The van der Waals surface area contributed by atoms with E-state index in [0.717, 1.165) is 12.1 Å². The number of hydrogen-bond acceptors (Lipinski definition) is 5. The molecule has 0 atom stereocenters. The first-order chi connectivity index (χ1) is 14.1. The smallest absolute Gasteiger partial charge is 0.406 e. The van der Waals surface area contributed by atoms with Crippen LogP contribution in [0.1, 0.15) is 34.5 Å². The van der Waals surface area contributed by atoms with Crippen molar-refractivity contribution in [2.45, 2.75) is 30.7 Å². The van der Waals surface area contributed by atoms with E-state index in [1.54, 1.807) is 0 Å². The monoisotopic (exact) mass is 441 g/mol. The van der Waals surface area contributed by atoms with Gasteiger partial charge in [0.25, 0.3) is 15.9 Å². The minimum absolute atomic E-state index is 0.325. The van der Waals surface area contributed by atoms with Crippen LogP contribution < -0.4 is 0 Å². The van der Waals surface area contributed by atoms with Crippen LogP contribution >= 0.6 is 0 Å². The summed E-state index contributed by atoms with van der Waals surface area (Å²) >= 11 is 0. The lowest BCUT2D eigenvalue weighted by atomic mass is 10.1. The zero-order chi connectivity index (χ0) is 21.9. The Hall–Kier alpha value is -2.84. The molecule has 0 unspecified atom stereocenters. The molecule has 0 saturated carbocycles. The van der Waals surface area contributed by atoms with E-state index in [1.807, 2.05) is 6.07 Å². The third-order valence-electron chi connectivity index (χ3n) is 4.57. The lowest BCUT2D eigenvalue weighted by Gasteiger charge is -2.23. The first kappa shape index (κ1) is 21.9. The van der Waals surface area contributed by atoms with Crippen molar-refractivity contribution in [1.82, 2.24) is 9.21 Å². The predicted octanol–water partition coefficient (Wildman–Crippen LogP) is 3.14. The van der Waals surface area contributed by atoms with Crippen LogP contribution in [0, 0.1) is 11.3 Å². The minimum atomic E-state index is -4.67. The van der Waals surface area contributed by atoms with Crippen LogP contribution in [0.3, 0.4) is 0 Å².